The monoisotopic (exact) mass is 434 g/mol. The second-order valence-electron chi connectivity index (χ2n) is 9.68. The van der Waals surface area contributed by atoms with Gasteiger partial charge in [-0.15, -0.1) is 0 Å². The fourth-order valence-electron chi connectivity index (χ4n) is 4.52. The standard InChI is InChI=1S/C23H31ClN2O4/c1-12-13(2)21(28)30-18-9-19(17(24)8-16(12)18)29-14(3)20(27)25-15-10-22(4,5)26-23(6,7)11-15/h8-9,14-15,26H,10-11H2,1-7H3,(H,25,27)/t14-/m0/s1. The molecule has 3 rings (SSSR count). The topological polar surface area (TPSA) is 80.6 Å². The quantitative estimate of drug-likeness (QED) is 0.703. The van der Waals surface area contributed by atoms with Crippen LogP contribution >= 0.6 is 11.6 Å². The summed E-state index contributed by atoms with van der Waals surface area (Å²) < 4.78 is 11.2. The Hall–Kier alpha value is -2.05. The first kappa shape index (κ1) is 22.6. The molecule has 1 amide bonds. The molecule has 164 valence electrons. The summed E-state index contributed by atoms with van der Waals surface area (Å²) in [4.78, 5) is 24.8. The zero-order valence-electron chi connectivity index (χ0n) is 18.7. The van der Waals surface area contributed by atoms with Gasteiger partial charge in [-0.2, -0.15) is 0 Å². The van der Waals surface area contributed by atoms with Gasteiger partial charge in [0.25, 0.3) is 5.91 Å². The number of hydrogen-bond acceptors (Lipinski definition) is 5. The Balaban J connectivity index is 1.77. The fraction of sp³-hybridized carbons (Fsp3) is 0.565. The van der Waals surface area contributed by atoms with E-state index in [1.165, 1.54) is 0 Å². The van der Waals surface area contributed by atoms with Crippen LogP contribution in [0, 0.1) is 13.8 Å². The Bertz CT molecular complexity index is 1030. The van der Waals surface area contributed by atoms with Crippen LogP contribution in [0.3, 0.4) is 0 Å². The number of halogens is 1. The molecule has 1 aliphatic rings. The van der Waals surface area contributed by atoms with Crippen molar-refractivity contribution < 1.29 is 13.9 Å². The molecule has 1 saturated heterocycles. The average Bonchev–Trinajstić information content (AvgIpc) is 2.58. The number of carbonyl (C=O) groups excluding carboxylic acids is 1. The number of ether oxygens (including phenoxy) is 1. The summed E-state index contributed by atoms with van der Waals surface area (Å²) in [6.45, 7) is 13.8. The van der Waals surface area contributed by atoms with Crippen LogP contribution in [0.25, 0.3) is 11.0 Å². The minimum absolute atomic E-state index is 0.0468. The zero-order chi connectivity index (χ0) is 22.4. The third-order valence-corrected chi connectivity index (χ3v) is 6.01. The number of nitrogens with one attached hydrogen (secondary N) is 2. The van der Waals surface area contributed by atoms with E-state index in [4.69, 9.17) is 20.8 Å². The van der Waals surface area contributed by atoms with Crippen molar-refractivity contribution in [2.45, 2.75) is 84.5 Å². The van der Waals surface area contributed by atoms with Gasteiger partial charge in [-0.3, -0.25) is 4.79 Å². The number of benzene rings is 1. The van der Waals surface area contributed by atoms with Crippen LogP contribution in [-0.2, 0) is 4.79 Å². The molecule has 1 atom stereocenters. The molecule has 0 radical (unpaired) electrons. The molecule has 2 aromatic rings. The van der Waals surface area contributed by atoms with E-state index in [0.717, 1.165) is 23.8 Å². The molecular formula is C23H31ClN2O4. The maximum absolute atomic E-state index is 12.8. The van der Waals surface area contributed by atoms with E-state index in [-0.39, 0.29) is 23.0 Å². The molecule has 1 aliphatic heterocycles. The van der Waals surface area contributed by atoms with Gasteiger partial charge in [0, 0.05) is 34.1 Å². The second-order valence-corrected chi connectivity index (χ2v) is 10.1. The number of carbonyl (C=O) groups is 1. The van der Waals surface area contributed by atoms with Crippen LogP contribution in [0.2, 0.25) is 5.02 Å². The molecule has 0 unspecified atom stereocenters. The number of amides is 1. The molecule has 30 heavy (non-hydrogen) atoms. The van der Waals surface area contributed by atoms with Crippen molar-refractivity contribution in [3.8, 4) is 5.75 Å². The molecule has 1 aromatic carbocycles. The Labute approximate surface area is 182 Å². The lowest BCUT2D eigenvalue weighted by Crippen LogP contribution is -2.62. The van der Waals surface area contributed by atoms with E-state index >= 15 is 0 Å². The van der Waals surface area contributed by atoms with E-state index in [2.05, 4.69) is 38.3 Å². The van der Waals surface area contributed by atoms with Crippen molar-refractivity contribution >= 4 is 28.5 Å². The SMILES string of the molecule is Cc1c(C)c2cc(Cl)c(O[C@@H](C)C(=O)NC3CC(C)(C)NC(C)(C)C3)cc2oc1=O. The van der Waals surface area contributed by atoms with Gasteiger partial charge in [-0.25, -0.2) is 4.79 Å². The van der Waals surface area contributed by atoms with Crippen LogP contribution in [0.1, 0.15) is 58.6 Å². The molecule has 1 aromatic heterocycles. The molecule has 2 N–H and O–H groups in total. The van der Waals surface area contributed by atoms with Gasteiger partial charge in [0.15, 0.2) is 6.10 Å². The van der Waals surface area contributed by atoms with Gasteiger partial charge < -0.3 is 19.8 Å². The van der Waals surface area contributed by atoms with Crippen LogP contribution in [-0.4, -0.2) is 29.1 Å². The molecule has 0 aliphatic carbocycles. The van der Waals surface area contributed by atoms with Crippen molar-refractivity contribution in [2.24, 2.45) is 0 Å². The van der Waals surface area contributed by atoms with Gasteiger partial charge in [0.1, 0.15) is 11.3 Å². The summed E-state index contributed by atoms with van der Waals surface area (Å²) in [5.41, 5.74) is 1.22. The molecule has 0 spiro atoms. The van der Waals surface area contributed by atoms with E-state index in [1.54, 1.807) is 26.0 Å². The molecule has 2 heterocycles. The minimum Gasteiger partial charge on any atom is -0.479 e. The van der Waals surface area contributed by atoms with Crippen molar-refractivity contribution in [2.75, 3.05) is 0 Å². The third-order valence-electron chi connectivity index (χ3n) is 5.72. The van der Waals surface area contributed by atoms with Crippen molar-refractivity contribution in [3.05, 3.63) is 38.7 Å². The highest BCUT2D eigenvalue weighted by molar-refractivity contribution is 6.32. The predicted molar refractivity (Wildman–Crippen MR) is 120 cm³/mol. The zero-order valence-corrected chi connectivity index (χ0v) is 19.5. The van der Waals surface area contributed by atoms with Gasteiger partial charge in [-0.1, -0.05) is 11.6 Å². The summed E-state index contributed by atoms with van der Waals surface area (Å²) >= 11 is 6.40. The summed E-state index contributed by atoms with van der Waals surface area (Å²) in [6, 6.07) is 3.33. The first-order chi connectivity index (χ1) is 13.8. The fourth-order valence-corrected chi connectivity index (χ4v) is 4.73. The number of aryl methyl sites for hydroxylation is 1. The average molecular weight is 435 g/mol. The number of piperidine rings is 1. The van der Waals surface area contributed by atoms with Crippen LogP contribution in [0.15, 0.2) is 21.3 Å². The first-order valence-corrected chi connectivity index (χ1v) is 10.7. The molecule has 7 heteroatoms. The van der Waals surface area contributed by atoms with E-state index in [1.807, 2.05) is 6.92 Å². The lowest BCUT2D eigenvalue weighted by molar-refractivity contribution is -0.128. The van der Waals surface area contributed by atoms with E-state index in [0.29, 0.717) is 21.9 Å². The highest BCUT2D eigenvalue weighted by Gasteiger charge is 2.38. The molecule has 0 bridgehead atoms. The molecule has 0 saturated carbocycles. The van der Waals surface area contributed by atoms with Gasteiger partial charge in [0.2, 0.25) is 0 Å². The highest BCUT2D eigenvalue weighted by atomic mass is 35.5. The van der Waals surface area contributed by atoms with Crippen LogP contribution in [0.5, 0.6) is 5.75 Å². The van der Waals surface area contributed by atoms with Crippen molar-refractivity contribution in [1.29, 1.82) is 0 Å². The largest absolute Gasteiger partial charge is 0.479 e. The number of hydrogen-bond donors (Lipinski definition) is 2. The van der Waals surface area contributed by atoms with Crippen LogP contribution < -0.4 is 21.0 Å². The Morgan fingerprint density at radius 2 is 1.80 bits per heavy atom. The molecule has 6 nitrogen and oxygen atoms in total. The summed E-state index contributed by atoms with van der Waals surface area (Å²) in [6.07, 6.45) is 0.907. The first-order valence-electron chi connectivity index (χ1n) is 10.3. The summed E-state index contributed by atoms with van der Waals surface area (Å²) in [5, 5.41) is 7.83. The van der Waals surface area contributed by atoms with Crippen LogP contribution in [0.4, 0.5) is 0 Å². The maximum atomic E-state index is 12.8. The Morgan fingerprint density at radius 1 is 1.20 bits per heavy atom. The van der Waals surface area contributed by atoms with Gasteiger partial charge in [0.05, 0.1) is 5.02 Å². The lowest BCUT2D eigenvalue weighted by atomic mass is 9.79. The van der Waals surface area contributed by atoms with E-state index < -0.39 is 11.7 Å². The Morgan fingerprint density at radius 3 is 2.40 bits per heavy atom. The third kappa shape index (κ3) is 4.81. The normalized spacial score (nSPS) is 19.5. The van der Waals surface area contributed by atoms with Crippen molar-refractivity contribution in [1.82, 2.24) is 10.6 Å². The predicted octanol–water partition coefficient (Wildman–Crippen LogP) is 4.26. The minimum atomic E-state index is -0.751. The number of fused-ring (bicyclic) bond motifs is 1. The lowest BCUT2D eigenvalue weighted by Gasteiger charge is -2.46. The highest BCUT2D eigenvalue weighted by Crippen LogP contribution is 2.33. The smallest absolute Gasteiger partial charge is 0.339 e. The summed E-state index contributed by atoms with van der Waals surface area (Å²) in [7, 11) is 0. The maximum Gasteiger partial charge on any atom is 0.339 e. The summed E-state index contributed by atoms with van der Waals surface area (Å²) in [5.74, 6) is 0.107. The van der Waals surface area contributed by atoms with Gasteiger partial charge >= 0.3 is 5.63 Å². The van der Waals surface area contributed by atoms with Crippen molar-refractivity contribution in [3.63, 3.8) is 0 Å². The number of rotatable bonds is 4. The molecular weight excluding hydrogens is 404 g/mol. The van der Waals surface area contributed by atoms with E-state index in [9.17, 15) is 9.59 Å². The Kier molecular flexibility index (Phi) is 5.95. The second kappa shape index (κ2) is 7.89. The molecule has 1 fully saturated rings. The van der Waals surface area contributed by atoms with Gasteiger partial charge in [-0.05, 0) is 72.9 Å².